The first kappa shape index (κ1) is 16.0. The molecule has 1 N–H and O–H groups in total. The fourth-order valence-electron chi connectivity index (χ4n) is 1.60. The summed E-state index contributed by atoms with van der Waals surface area (Å²) in [6, 6.07) is 5.21. The Kier molecular flexibility index (Phi) is 6.15. The molecule has 1 aromatic carbocycles. The summed E-state index contributed by atoms with van der Waals surface area (Å²) in [5.74, 6) is -0.0902. The molecule has 0 saturated heterocycles. The van der Waals surface area contributed by atoms with Crippen LogP contribution < -0.4 is 5.32 Å². The average molecular weight is 398 g/mol. The van der Waals surface area contributed by atoms with Crippen LogP contribution >= 0.6 is 43.5 Å². The summed E-state index contributed by atoms with van der Waals surface area (Å²) in [5.41, 5.74) is 0.381. The van der Waals surface area contributed by atoms with Gasteiger partial charge in [0.2, 0.25) is 0 Å². The van der Waals surface area contributed by atoms with Gasteiger partial charge in [-0.25, -0.2) is 0 Å². The van der Waals surface area contributed by atoms with E-state index in [1.807, 2.05) is 0 Å². The van der Waals surface area contributed by atoms with E-state index in [4.69, 9.17) is 11.6 Å². The van der Waals surface area contributed by atoms with Crippen molar-refractivity contribution in [2.75, 3.05) is 5.33 Å². The molecule has 18 heavy (non-hydrogen) atoms. The van der Waals surface area contributed by atoms with E-state index in [9.17, 15) is 4.79 Å². The zero-order chi connectivity index (χ0) is 13.8. The third kappa shape index (κ3) is 3.72. The Balaban J connectivity index is 2.90. The van der Waals surface area contributed by atoms with Crippen LogP contribution in [0.15, 0.2) is 22.7 Å². The van der Waals surface area contributed by atoms with Crippen molar-refractivity contribution in [3.63, 3.8) is 0 Å². The predicted octanol–water partition coefficient (Wildman–Crippen LogP) is 4.79. The molecule has 0 heterocycles. The third-order valence-electron chi connectivity index (χ3n) is 3.17. The van der Waals surface area contributed by atoms with Gasteiger partial charge in [0.25, 0.3) is 5.91 Å². The molecule has 0 unspecified atom stereocenters. The standard InChI is InChI=1S/C13H16Br2ClNO/c1-3-13(4-2,8-14)17-12(18)9-5-6-10(15)11(16)7-9/h5-7H,3-4,8H2,1-2H3,(H,17,18). The molecule has 0 aliphatic rings. The highest BCUT2D eigenvalue weighted by molar-refractivity contribution is 9.10. The summed E-state index contributed by atoms with van der Waals surface area (Å²) in [5, 5.41) is 4.36. The van der Waals surface area contributed by atoms with Crippen LogP contribution in [0.2, 0.25) is 5.02 Å². The minimum atomic E-state index is -0.198. The Morgan fingerprint density at radius 3 is 2.44 bits per heavy atom. The van der Waals surface area contributed by atoms with E-state index in [1.165, 1.54) is 0 Å². The topological polar surface area (TPSA) is 29.1 Å². The molecule has 2 nitrogen and oxygen atoms in total. The van der Waals surface area contributed by atoms with Crippen molar-refractivity contribution in [1.29, 1.82) is 0 Å². The Morgan fingerprint density at radius 2 is 2.00 bits per heavy atom. The van der Waals surface area contributed by atoms with E-state index in [0.29, 0.717) is 10.6 Å². The van der Waals surface area contributed by atoms with Crippen molar-refractivity contribution in [1.82, 2.24) is 5.32 Å². The number of rotatable bonds is 5. The van der Waals surface area contributed by atoms with Gasteiger partial charge in [0.15, 0.2) is 0 Å². The van der Waals surface area contributed by atoms with Gasteiger partial charge in [-0.05, 0) is 47.0 Å². The number of hydrogen-bond donors (Lipinski definition) is 1. The predicted molar refractivity (Wildman–Crippen MR) is 83.7 cm³/mol. The van der Waals surface area contributed by atoms with E-state index in [2.05, 4.69) is 51.0 Å². The SMILES string of the molecule is CCC(CC)(CBr)NC(=O)c1ccc(Br)c(Cl)c1. The van der Waals surface area contributed by atoms with E-state index in [-0.39, 0.29) is 11.4 Å². The monoisotopic (exact) mass is 395 g/mol. The number of halogens is 3. The highest BCUT2D eigenvalue weighted by Crippen LogP contribution is 2.24. The average Bonchev–Trinajstić information content (AvgIpc) is 2.39. The number of nitrogens with one attached hydrogen (secondary N) is 1. The summed E-state index contributed by atoms with van der Waals surface area (Å²) < 4.78 is 0.790. The molecule has 1 amide bonds. The molecule has 0 spiro atoms. The Hall–Kier alpha value is -0.0600. The largest absolute Gasteiger partial charge is 0.346 e. The number of amides is 1. The lowest BCUT2D eigenvalue weighted by Crippen LogP contribution is -2.49. The Bertz CT molecular complexity index is 425. The minimum Gasteiger partial charge on any atom is -0.346 e. The molecule has 0 aliphatic heterocycles. The second-order valence-electron chi connectivity index (χ2n) is 4.20. The fourth-order valence-corrected chi connectivity index (χ4v) is 2.96. The second-order valence-corrected chi connectivity index (χ2v) is 6.03. The van der Waals surface area contributed by atoms with Crippen molar-refractivity contribution >= 4 is 49.4 Å². The van der Waals surface area contributed by atoms with Crippen LogP contribution in [0, 0.1) is 0 Å². The van der Waals surface area contributed by atoms with Crippen molar-refractivity contribution in [2.24, 2.45) is 0 Å². The van der Waals surface area contributed by atoms with E-state index < -0.39 is 0 Å². The summed E-state index contributed by atoms with van der Waals surface area (Å²) in [7, 11) is 0. The van der Waals surface area contributed by atoms with Gasteiger partial charge in [-0.2, -0.15) is 0 Å². The minimum absolute atomic E-state index is 0.0902. The van der Waals surface area contributed by atoms with Crippen molar-refractivity contribution in [3.8, 4) is 0 Å². The number of benzene rings is 1. The molecule has 0 aliphatic carbocycles. The first-order valence-electron chi connectivity index (χ1n) is 5.81. The van der Waals surface area contributed by atoms with Gasteiger partial charge in [0, 0.05) is 20.9 Å². The van der Waals surface area contributed by atoms with Crippen LogP contribution in [0.4, 0.5) is 0 Å². The molecule has 0 aromatic heterocycles. The van der Waals surface area contributed by atoms with Crippen LogP contribution in [0.1, 0.15) is 37.0 Å². The highest BCUT2D eigenvalue weighted by atomic mass is 79.9. The molecule has 0 fully saturated rings. The van der Waals surface area contributed by atoms with Crippen LogP contribution in [0.5, 0.6) is 0 Å². The van der Waals surface area contributed by atoms with Crippen LogP contribution in [-0.4, -0.2) is 16.8 Å². The zero-order valence-electron chi connectivity index (χ0n) is 10.4. The lowest BCUT2D eigenvalue weighted by atomic mass is 9.95. The fraction of sp³-hybridized carbons (Fsp3) is 0.462. The highest BCUT2D eigenvalue weighted by Gasteiger charge is 2.27. The quantitative estimate of drug-likeness (QED) is 0.712. The van der Waals surface area contributed by atoms with Crippen molar-refractivity contribution in [2.45, 2.75) is 32.2 Å². The molecule has 0 atom stereocenters. The van der Waals surface area contributed by atoms with Crippen molar-refractivity contribution < 1.29 is 4.79 Å². The van der Waals surface area contributed by atoms with Gasteiger partial charge < -0.3 is 5.32 Å². The molecule has 1 rings (SSSR count). The lowest BCUT2D eigenvalue weighted by Gasteiger charge is -2.31. The van der Waals surface area contributed by atoms with Crippen LogP contribution in [-0.2, 0) is 0 Å². The molecule has 0 bridgehead atoms. The first-order valence-corrected chi connectivity index (χ1v) is 8.10. The van der Waals surface area contributed by atoms with E-state index in [0.717, 1.165) is 22.6 Å². The normalized spacial score (nSPS) is 11.4. The van der Waals surface area contributed by atoms with Gasteiger partial charge in [-0.1, -0.05) is 41.4 Å². The van der Waals surface area contributed by atoms with Gasteiger partial charge in [-0.15, -0.1) is 0 Å². The maximum absolute atomic E-state index is 12.2. The number of carbonyl (C=O) groups excluding carboxylic acids is 1. The zero-order valence-corrected chi connectivity index (χ0v) is 14.3. The number of carbonyl (C=O) groups is 1. The second kappa shape index (κ2) is 6.92. The van der Waals surface area contributed by atoms with E-state index in [1.54, 1.807) is 18.2 Å². The van der Waals surface area contributed by atoms with Crippen molar-refractivity contribution in [3.05, 3.63) is 33.3 Å². The summed E-state index contributed by atoms with van der Waals surface area (Å²) in [4.78, 5) is 12.2. The number of alkyl halides is 1. The number of hydrogen-bond acceptors (Lipinski definition) is 1. The van der Waals surface area contributed by atoms with Gasteiger partial charge >= 0.3 is 0 Å². The maximum Gasteiger partial charge on any atom is 0.251 e. The first-order chi connectivity index (χ1) is 8.48. The summed E-state index contributed by atoms with van der Waals surface area (Å²) in [6.07, 6.45) is 1.76. The summed E-state index contributed by atoms with van der Waals surface area (Å²) in [6.45, 7) is 4.14. The molecule has 0 saturated carbocycles. The molecule has 0 radical (unpaired) electrons. The third-order valence-corrected chi connectivity index (χ3v) is 5.48. The lowest BCUT2D eigenvalue weighted by molar-refractivity contribution is 0.0903. The molecule has 100 valence electrons. The van der Waals surface area contributed by atoms with Crippen LogP contribution in [0.25, 0.3) is 0 Å². The molecular formula is C13H16Br2ClNO. The maximum atomic E-state index is 12.2. The van der Waals surface area contributed by atoms with Crippen LogP contribution in [0.3, 0.4) is 0 Å². The molecule has 5 heteroatoms. The molecule has 1 aromatic rings. The van der Waals surface area contributed by atoms with Gasteiger partial charge in [0.05, 0.1) is 5.02 Å². The smallest absolute Gasteiger partial charge is 0.251 e. The molecular weight excluding hydrogens is 381 g/mol. The Labute approximate surface area is 130 Å². The Morgan fingerprint density at radius 1 is 1.39 bits per heavy atom. The van der Waals surface area contributed by atoms with Gasteiger partial charge in [-0.3, -0.25) is 4.79 Å². The van der Waals surface area contributed by atoms with Gasteiger partial charge in [0.1, 0.15) is 0 Å². The summed E-state index contributed by atoms with van der Waals surface area (Å²) >= 11 is 12.8. The van der Waals surface area contributed by atoms with E-state index >= 15 is 0 Å².